The van der Waals surface area contributed by atoms with Crippen LogP contribution in [-0.2, 0) is 4.79 Å². The van der Waals surface area contributed by atoms with E-state index in [2.05, 4.69) is 5.32 Å². The fraction of sp³-hybridized carbons (Fsp3) is 0.133. The normalized spacial score (nSPS) is 10.2. The summed E-state index contributed by atoms with van der Waals surface area (Å²) in [6.45, 7) is 0. The smallest absolute Gasteiger partial charge is 0.234 e. The number of carbonyl (C=O) groups is 1. The number of anilines is 1. The molecule has 0 heterocycles. The third kappa shape index (κ3) is 4.84. The van der Waals surface area contributed by atoms with Crippen LogP contribution in [0.5, 0.6) is 5.75 Å². The SMILES string of the molecule is COc1cccc(NC(=O)CSc2cc(Cl)ccc2Cl)c1. The molecule has 110 valence electrons. The predicted molar refractivity (Wildman–Crippen MR) is 88.8 cm³/mol. The molecule has 21 heavy (non-hydrogen) atoms. The Kier molecular flexibility index (Phi) is 5.79. The zero-order valence-electron chi connectivity index (χ0n) is 11.2. The molecule has 0 spiro atoms. The number of methoxy groups -OCH3 is 1. The molecule has 0 fully saturated rings. The summed E-state index contributed by atoms with van der Waals surface area (Å²) in [6, 6.07) is 12.4. The van der Waals surface area contributed by atoms with E-state index in [0.29, 0.717) is 21.5 Å². The van der Waals surface area contributed by atoms with Crippen LogP contribution in [0, 0.1) is 0 Å². The van der Waals surface area contributed by atoms with Crippen molar-refractivity contribution in [3.8, 4) is 5.75 Å². The molecule has 0 radical (unpaired) electrons. The van der Waals surface area contributed by atoms with Crippen LogP contribution < -0.4 is 10.1 Å². The highest BCUT2D eigenvalue weighted by molar-refractivity contribution is 8.00. The number of halogens is 2. The van der Waals surface area contributed by atoms with Gasteiger partial charge in [0.15, 0.2) is 0 Å². The summed E-state index contributed by atoms with van der Waals surface area (Å²) in [4.78, 5) is 12.7. The highest BCUT2D eigenvalue weighted by atomic mass is 35.5. The number of hydrogen-bond acceptors (Lipinski definition) is 3. The van der Waals surface area contributed by atoms with Crippen molar-refractivity contribution >= 4 is 46.6 Å². The maximum atomic E-state index is 11.9. The maximum absolute atomic E-state index is 11.9. The maximum Gasteiger partial charge on any atom is 0.234 e. The van der Waals surface area contributed by atoms with Crippen LogP contribution in [0.25, 0.3) is 0 Å². The van der Waals surface area contributed by atoms with Gasteiger partial charge in [-0.1, -0.05) is 29.3 Å². The molecule has 0 unspecified atom stereocenters. The van der Waals surface area contributed by atoms with Gasteiger partial charge in [-0.15, -0.1) is 11.8 Å². The third-order valence-electron chi connectivity index (χ3n) is 2.61. The molecule has 3 nitrogen and oxygen atoms in total. The largest absolute Gasteiger partial charge is 0.497 e. The first-order valence-corrected chi connectivity index (χ1v) is 7.84. The van der Waals surface area contributed by atoms with Gasteiger partial charge in [0, 0.05) is 21.7 Å². The Balaban J connectivity index is 1.94. The molecule has 0 saturated carbocycles. The second kappa shape index (κ2) is 7.59. The molecule has 1 N–H and O–H groups in total. The number of benzene rings is 2. The molecule has 0 aliphatic carbocycles. The van der Waals surface area contributed by atoms with Crippen molar-refractivity contribution in [3.05, 3.63) is 52.5 Å². The van der Waals surface area contributed by atoms with Gasteiger partial charge in [-0.25, -0.2) is 0 Å². The second-order valence-corrected chi connectivity index (χ2v) is 6.00. The second-order valence-electron chi connectivity index (χ2n) is 4.14. The molecule has 0 aliphatic heterocycles. The van der Waals surface area contributed by atoms with E-state index < -0.39 is 0 Å². The van der Waals surface area contributed by atoms with E-state index >= 15 is 0 Å². The van der Waals surface area contributed by atoms with Crippen molar-refractivity contribution in [2.24, 2.45) is 0 Å². The lowest BCUT2D eigenvalue weighted by Crippen LogP contribution is -2.13. The van der Waals surface area contributed by atoms with Gasteiger partial charge in [0.05, 0.1) is 17.9 Å². The third-order valence-corrected chi connectivity index (χ3v) is 4.34. The molecule has 0 atom stereocenters. The Morgan fingerprint density at radius 1 is 1.24 bits per heavy atom. The van der Waals surface area contributed by atoms with E-state index in [4.69, 9.17) is 27.9 Å². The lowest BCUT2D eigenvalue weighted by atomic mass is 10.3. The van der Waals surface area contributed by atoms with Gasteiger partial charge in [0.25, 0.3) is 0 Å². The monoisotopic (exact) mass is 341 g/mol. The molecule has 0 aromatic heterocycles. The molecule has 0 aliphatic rings. The quantitative estimate of drug-likeness (QED) is 0.798. The summed E-state index contributed by atoms with van der Waals surface area (Å²) in [5.74, 6) is 0.819. The van der Waals surface area contributed by atoms with Crippen LogP contribution in [0.15, 0.2) is 47.4 Å². The fourth-order valence-electron chi connectivity index (χ4n) is 1.63. The average Bonchev–Trinajstić information content (AvgIpc) is 2.48. The highest BCUT2D eigenvalue weighted by Crippen LogP contribution is 2.30. The van der Waals surface area contributed by atoms with Gasteiger partial charge in [-0.05, 0) is 30.3 Å². The minimum absolute atomic E-state index is 0.121. The molecule has 2 rings (SSSR count). The van der Waals surface area contributed by atoms with Gasteiger partial charge in [-0.3, -0.25) is 4.79 Å². The minimum atomic E-state index is -0.121. The van der Waals surface area contributed by atoms with Crippen molar-refractivity contribution in [1.29, 1.82) is 0 Å². The zero-order chi connectivity index (χ0) is 15.2. The van der Waals surface area contributed by atoms with E-state index in [9.17, 15) is 4.79 Å². The van der Waals surface area contributed by atoms with Crippen molar-refractivity contribution in [1.82, 2.24) is 0 Å². The first-order chi connectivity index (χ1) is 10.1. The Labute approximate surface area is 137 Å². The van der Waals surface area contributed by atoms with Gasteiger partial charge in [0.1, 0.15) is 5.75 Å². The summed E-state index contributed by atoms with van der Waals surface area (Å²) in [5, 5.41) is 3.98. The number of carbonyl (C=O) groups excluding carboxylic acids is 1. The van der Waals surface area contributed by atoms with Crippen LogP contribution in [0.1, 0.15) is 0 Å². The molecule has 1 amide bonds. The molecule has 6 heteroatoms. The number of amides is 1. The lowest BCUT2D eigenvalue weighted by Gasteiger charge is -2.08. The van der Waals surface area contributed by atoms with E-state index in [1.165, 1.54) is 11.8 Å². The van der Waals surface area contributed by atoms with Crippen LogP contribution in [0.2, 0.25) is 10.0 Å². The van der Waals surface area contributed by atoms with Crippen molar-refractivity contribution in [2.75, 3.05) is 18.2 Å². The summed E-state index contributed by atoms with van der Waals surface area (Å²) < 4.78 is 5.11. The summed E-state index contributed by atoms with van der Waals surface area (Å²) in [5.41, 5.74) is 0.692. The molecule has 0 bridgehead atoms. The highest BCUT2D eigenvalue weighted by Gasteiger charge is 2.07. The Bertz CT molecular complexity index is 649. The van der Waals surface area contributed by atoms with Gasteiger partial charge in [-0.2, -0.15) is 0 Å². The van der Waals surface area contributed by atoms with E-state index in [-0.39, 0.29) is 11.7 Å². The molecule has 2 aromatic carbocycles. The van der Waals surface area contributed by atoms with Crippen LogP contribution >= 0.6 is 35.0 Å². The Morgan fingerprint density at radius 2 is 2.05 bits per heavy atom. The Morgan fingerprint density at radius 3 is 2.81 bits per heavy atom. The van der Waals surface area contributed by atoms with E-state index in [1.807, 2.05) is 12.1 Å². The predicted octanol–water partition coefficient (Wildman–Crippen LogP) is 4.73. The van der Waals surface area contributed by atoms with Crippen LogP contribution in [0.4, 0.5) is 5.69 Å². The number of ether oxygens (including phenoxy) is 1. The molecule has 2 aromatic rings. The zero-order valence-corrected chi connectivity index (χ0v) is 13.6. The van der Waals surface area contributed by atoms with E-state index in [1.54, 1.807) is 37.4 Å². The number of thioether (sulfide) groups is 1. The average molecular weight is 342 g/mol. The van der Waals surface area contributed by atoms with E-state index in [0.717, 1.165) is 4.90 Å². The first-order valence-electron chi connectivity index (χ1n) is 6.10. The van der Waals surface area contributed by atoms with Crippen molar-refractivity contribution in [2.45, 2.75) is 4.90 Å². The van der Waals surface area contributed by atoms with Gasteiger partial charge in [0.2, 0.25) is 5.91 Å². The van der Waals surface area contributed by atoms with Crippen molar-refractivity contribution < 1.29 is 9.53 Å². The number of nitrogens with one attached hydrogen (secondary N) is 1. The molecular formula is C15H13Cl2NO2S. The molecule has 0 saturated heterocycles. The number of hydrogen-bond donors (Lipinski definition) is 1. The van der Waals surface area contributed by atoms with Crippen LogP contribution in [-0.4, -0.2) is 18.8 Å². The number of rotatable bonds is 5. The summed E-state index contributed by atoms with van der Waals surface area (Å²) >= 11 is 13.3. The standard InChI is InChI=1S/C15H13Cl2NO2S/c1-20-12-4-2-3-11(8-12)18-15(19)9-21-14-7-10(16)5-6-13(14)17/h2-8H,9H2,1H3,(H,18,19). The topological polar surface area (TPSA) is 38.3 Å². The fourth-order valence-corrected chi connectivity index (χ4v) is 2.92. The van der Waals surface area contributed by atoms with Gasteiger partial charge < -0.3 is 10.1 Å². The molecular weight excluding hydrogens is 329 g/mol. The summed E-state index contributed by atoms with van der Waals surface area (Å²) in [6.07, 6.45) is 0. The Hall–Kier alpha value is -1.36. The minimum Gasteiger partial charge on any atom is -0.497 e. The van der Waals surface area contributed by atoms with Gasteiger partial charge >= 0.3 is 0 Å². The van der Waals surface area contributed by atoms with Crippen molar-refractivity contribution in [3.63, 3.8) is 0 Å². The first kappa shape index (κ1) is 16.0. The summed E-state index contributed by atoms with van der Waals surface area (Å²) in [7, 11) is 1.58. The lowest BCUT2D eigenvalue weighted by molar-refractivity contribution is -0.113. The van der Waals surface area contributed by atoms with Crippen LogP contribution in [0.3, 0.4) is 0 Å².